The van der Waals surface area contributed by atoms with Crippen LogP contribution in [0.15, 0.2) is 66.9 Å². The predicted molar refractivity (Wildman–Crippen MR) is 105 cm³/mol. The minimum absolute atomic E-state index is 0.00625. The van der Waals surface area contributed by atoms with E-state index in [9.17, 15) is 4.79 Å². The first-order valence-corrected chi connectivity index (χ1v) is 9.27. The Bertz CT molecular complexity index is 889. The molecule has 132 valence electrons. The number of anilines is 1. The van der Waals surface area contributed by atoms with Gasteiger partial charge in [-0.25, -0.2) is 0 Å². The number of pyridine rings is 1. The SMILES string of the molecule is O=C(NNc1cccc2ncccc12)C1CCCCC1c1ccccc1. The average Bonchev–Trinajstić information content (AvgIpc) is 2.72. The van der Waals surface area contributed by atoms with Crippen LogP contribution in [0.5, 0.6) is 0 Å². The lowest BCUT2D eigenvalue weighted by molar-refractivity contribution is -0.126. The van der Waals surface area contributed by atoms with E-state index in [1.807, 2.05) is 36.4 Å². The summed E-state index contributed by atoms with van der Waals surface area (Å²) >= 11 is 0. The maximum Gasteiger partial charge on any atom is 0.242 e. The van der Waals surface area contributed by atoms with Gasteiger partial charge in [0.25, 0.3) is 0 Å². The minimum Gasteiger partial charge on any atom is -0.298 e. The van der Waals surface area contributed by atoms with Gasteiger partial charge in [-0.05, 0) is 48.6 Å². The maximum absolute atomic E-state index is 12.9. The van der Waals surface area contributed by atoms with Gasteiger partial charge in [0.1, 0.15) is 0 Å². The standard InChI is InChI=1S/C22H23N3O/c26-22(18-11-5-4-10-17(18)16-8-2-1-3-9-16)25-24-21-14-6-13-20-19(21)12-7-15-23-20/h1-3,6-9,12-15,17-18,24H,4-5,10-11H2,(H,25,26). The largest absolute Gasteiger partial charge is 0.298 e. The van der Waals surface area contributed by atoms with E-state index in [-0.39, 0.29) is 11.8 Å². The van der Waals surface area contributed by atoms with E-state index >= 15 is 0 Å². The fourth-order valence-corrected chi connectivity index (χ4v) is 3.98. The lowest BCUT2D eigenvalue weighted by Gasteiger charge is -2.31. The topological polar surface area (TPSA) is 54.0 Å². The molecule has 2 N–H and O–H groups in total. The second-order valence-corrected chi connectivity index (χ2v) is 6.90. The van der Waals surface area contributed by atoms with Crippen LogP contribution in [0.3, 0.4) is 0 Å². The van der Waals surface area contributed by atoms with E-state index in [0.29, 0.717) is 5.92 Å². The Kier molecular flexibility index (Phi) is 4.82. The van der Waals surface area contributed by atoms with E-state index in [2.05, 4.69) is 40.1 Å². The van der Waals surface area contributed by atoms with Gasteiger partial charge in [-0.15, -0.1) is 0 Å². The first-order valence-electron chi connectivity index (χ1n) is 9.27. The van der Waals surface area contributed by atoms with Crippen molar-refractivity contribution in [1.29, 1.82) is 0 Å². The quantitative estimate of drug-likeness (QED) is 0.677. The second-order valence-electron chi connectivity index (χ2n) is 6.90. The van der Waals surface area contributed by atoms with Crippen LogP contribution in [-0.4, -0.2) is 10.9 Å². The normalized spacial score (nSPS) is 19.8. The number of nitrogens with zero attached hydrogens (tertiary/aromatic N) is 1. The fraction of sp³-hybridized carbons (Fsp3) is 0.273. The van der Waals surface area contributed by atoms with Gasteiger partial charge in [-0.2, -0.15) is 0 Å². The molecular weight excluding hydrogens is 322 g/mol. The Morgan fingerprint density at radius 3 is 2.65 bits per heavy atom. The van der Waals surface area contributed by atoms with E-state index in [4.69, 9.17) is 0 Å². The molecule has 1 amide bonds. The molecular formula is C22H23N3O. The van der Waals surface area contributed by atoms with Crippen molar-refractivity contribution in [2.24, 2.45) is 5.92 Å². The Balaban J connectivity index is 1.50. The summed E-state index contributed by atoms with van der Waals surface area (Å²) in [6.45, 7) is 0. The number of benzene rings is 2. The molecule has 4 heteroatoms. The third-order valence-corrected chi connectivity index (χ3v) is 5.30. The zero-order valence-corrected chi connectivity index (χ0v) is 14.7. The van der Waals surface area contributed by atoms with Gasteiger partial charge in [0.15, 0.2) is 0 Å². The maximum atomic E-state index is 12.9. The molecule has 2 aromatic carbocycles. The molecule has 2 atom stereocenters. The lowest BCUT2D eigenvalue weighted by Crippen LogP contribution is -2.39. The van der Waals surface area contributed by atoms with Crippen LogP contribution in [0.2, 0.25) is 0 Å². The molecule has 26 heavy (non-hydrogen) atoms. The third kappa shape index (κ3) is 3.40. The summed E-state index contributed by atoms with van der Waals surface area (Å²) < 4.78 is 0. The van der Waals surface area contributed by atoms with Gasteiger partial charge in [0.05, 0.1) is 11.2 Å². The molecule has 0 bridgehead atoms. The summed E-state index contributed by atoms with van der Waals surface area (Å²) in [5.41, 5.74) is 9.11. The molecule has 0 spiro atoms. The number of amides is 1. The van der Waals surface area contributed by atoms with Crippen LogP contribution in [0, 0.1) is 5.92 Å². The molecule has 1 aliphatic carbocycles. The van der Waals surface area contributed by atoms with Gasteiger partial charge < -0.3 is 0 Å². The Morgan fingerprint density at radius 1 is 0.923 bits per heavy atom. The summed E-state index contributed by atoms with van der Waals surface area (Å²) in [6, 6.07) is 20.2. The van der Waals surface area contributed by atoms with Crippen molar-refractivity contribution in [3.63, 3.8) is 0 Å². The summed E-state index contributed by atoms with van der Waals surface area (Å²) in [5, 5.41) is 0.999. The molecule has 0 saturated heterocycles. The Labute approximate surface area is 153 Å². The molecule has 1 saturated carbocycles. The summed E-state index contributed by atoms with van der Waals surface area (Å²) in [4.78, 5) is 17.3. The highest BCUT2D eigenvalue weighted by molar-refractivity contribution is 5.92. The second kappa shape index (κ2) is 7.56. The van der Waals surface area contributed by atoms with Crippen LogP contribution in [-0.2, 0) is 4.79 Å². The van der Waals surface area contributed by atoms with Gasteiger partial charge in [-0.1, -0.05) is 49.2 Å². The van der Waals surface area contributed by atoms with Gasteiger partial charge in [0.2, 0.25) is 5.91 Å². The number of hydrogen-bond acceptors (Lipinski definition) is 3. The number of aromatic nitrogens is 1. The van der Waals surface area contributed by atoms with Crippen molar-refractivity contribution < 1.29 is 4.79 Å². The first kappa shape index (κ1) is 16.6. The van der Waals surface area contributed by atoms with Gasteiger partial charge in [-0.3, -0.25) is 20.6 Å². The summed E-state index contributed by atoms with van der Waals surface area (Å²) in [7, 11) is 0. The molecule has 4 nitrogen and oxygen atoms in total. The van der Waals surface area contributed by atoms with E-state index in [0.717, 1.165) is 35.9 Å². The molecule has 1 heterocycles. The van der Waals surface area contributed by atoms with Crippen LogP contribution < -0.4 is 10.9 Å². The monoisotopic (exact) mass is 345 g/mol. The number of hydrogen-bond donors (Lipinski definition) is 2. The number of fused-ring (bicyclic) bond motifs is 1. The third-order valence-electron chi connectivity index (χ3n) is 5.30. The fourth-order valence-electron chi connectivity index (χ4n) is 3.98. The molecule has 4 rings (SSSR count). The zero-order valence-electron chi connectivity index (χ0n) is 14.7. The summed E-state index contributed by atoms with van der Waals surface area (Å²) in [6.07, 6.45) is 6.08. The van der Waals surface area contributed by atoms with Gasteiger partial charge in [0, 0.05) is 17.5 Å². The molecule has 0 aliphatic heterocycles. The highest BCUT2D eigenvalue weighted by Gasteiger charge is 2.31. The van der Waals surface area contributed by atoms with Crippen molar-refractivity contribution in [3.05, 3.63) is 72.4 Å². The number of carbonyl (C=O) groups excluding carboxylic acids is 1. The van der Waals surface area contributed by atoms with Crippen molar-refractivity contribution in [3.8, 4) is 0 Å². The van der Waals surface area contributed by atoms with Crippen LogP contribution in [0.4, 0.5) is 5.69 Å². The Morgan fingerprint density at radius 2 is 1.77 bits per heavy atom. The number of nitrogens with one attached hydrogen (secondary N) is 2. The van der Waals surface area contributed by atoms with Crippen molar-refractivity contribution in [1.82, 2.24) is 10.4 Å². The molecule has 0 radical (unpaired) electrons. The number of rotatable bonds is 4. The molecule has 1 aromatic heterocycles. The summed E-state index contributed by atoms with van der Waals surface area (Å²) in [5.74, 6) is 0.368. The molecule has 2 unspecified atom stereocenters. The van der Waals surface area contributed by atoms with Crippen LogP contribution in [0.1, 0.15) is 37.2 Å². The first-order chi connectivity index (χ1) is 12.8. The molecule has 1 fully saturated rings. The van der Waals surface area contributed by atoms with Crippen molar-refractivity contribution >= 4 is 22.5 Å². The average molecular weight is 345 g/mol. The van der Waals surface area contributed by atoms with Crippen molar-refractivity contribution in [2.45, 2.75) is 31.6 Å². The molecule has 3 aromatic rings. The lowest BCUT2D eigenvalue weighted by atomic mass is 9.75. The predicted octanol–water partition coefficient (Wildman–Crippen LogP) is 4.65. The van der Waals surface area contributed by atoms with Crippen LogP contribution in [0.25, 0.3) is 10.9 Å². The van der Waals surface area contributed by atoms with E-state index < -0.39 is 0 Å². The smallest absolute Gasteiger partial charge is 0.242 e. The molecule has 1 aliphatic rings. The number of carbonyl (C=O) groups is 1. The van der Waals surface area contributed by atoms with E-state index in [1.165, 1.54) is 12.0 Å². The highest BCUT2D eigenvalue weighted by atomic mass is 16.2. The van der Waals surface area contributed by atoms with Crippen molar-refractivity contribution in [2.75, 3.05) is 5.43 Å². The van der Waals surface area contributed by atoms with Crippen LogP contribution >= 0.6 is 0 Å². The highest BCUT2D eigenvalue weighted by Crippen LogP contribution is 2.37. The minimum atomic E-state index is 0.00625. The van der Waals surface area contributed by atoms with Gasteiger partial charge >= 0.3 is 0 Å². The number of hydrazine groups is 1. The van der Waals surface area contributed by atoms with E-state index in [1.54, 1.807) is 6.20 Å². The zero-order chi connectivity index (χ0) is 17.8. The Hall–Kier alpha value is -2.88.